The van der Waals surface area contributed by atoms with Gasteiger partial charge in [-0.15, -0.1) is 0 Å². The van der Waals surface area contributed by atoms with Crippen LogP contribution < -0.4 is 5.32 Å². The lowest BCUT2D eigenvalue weighted by Crippen LogP contribution is -2.08. The van der Waals surface area contributed by atoms with E-state index in [1.165, 1.54) is 6.07 Å². The summed E-state index contributed by atoms with van der Waals surface area (Å²) < 4.78 is 0. The number of H-pyrrole nitrogens is 1. The quantitative estimate of drug-likeness (QED) is 0.641. The van der Waals surface area contributed by atoms with Gasteiger partial charge in [0.15, 0.2) is 0 Å². The van der Waals surface area contributed by atoms with Crippen molar-refractivity contribution in [1.29, 1.82) is 0 Å². The highest BCUT2D eigenvalue weighted by atomic mass is 16.6. The Kier molecular flexibility index (Phi) is 3.27. The average molecular weight is 246 g/mol. The summed E-state index contributed by atoms with van der Waals surface area (Å²) in [6.07, 6.45) is 1.67. The molecule has 1 aromatic heterocycles. The van der Waals surface area contributed by atoms with Crippen LogP contribution in [0.15, 0.2) is 30.5 Å². The maximum Gasteiger partial charge on any atom is 0.271 e. The Morgan fingerprint density at radius 2 is 2.22 bits per heavy atom. The van der Waals surface area contributed by atoms with Crippen LogP contribution in [0.2, 0.25) is 0 Å². The molecular weight excluding hydrogens is 232 g/mol. The van der Waals surface area contributed by atoms with E-state index in [4.69, 9.17) is 0 Å². The first kappa shape index (κ1) is 12.1. The van der Waals surface area contributed by atoms with Crippen molar-refractivity contribution in [1.82, 2.24) is 10.2 Å². The van der Waals surface area contributed by atoms with Crippen molar-refractivity contribution in [3.05, 3.63) is 51.8 Å². The molecule has 1 unspecified atom stereocenters. The average Bonchev–Trinajstić information content (AvgIpc) is 2.85. The van der Waals surface area contributed by atoms with Crippen LogP contribution >= 0.6 is 0 Å². The van der Waals surface area contributed by atoms with Gasteiger partial charge in [-0.25, -0.2) is 0 Å². The van der Waals surface area contributed by atoms with Gasteiger partial charge in [-0.05, 0) is 25.5 Å². The number of nitrogens with zero attached hydrogens (tertiary/aromatic N) is 2. The molecule has 0 aliphatic heterocycles. The molecule has 2 N–H and O–H groups in total. The van der Waals surface area contributed by atoms with Gasteiger partial charge in [-0.3, -0.25) is 15.2 Å². The van der Waals surface area contributed by atoms with E-state index < -0.39 is 4.92 Å². The second kappa shape index (κ2) is 4.87. The Balaban J connectivity index is 2.23. The van der Waals surface area contributed by atoms with Crippen molar-refractivity contribution < 1.29 is 4.92 Å². The fourth-order valence-electron chi connectivity index (χ4n) is 1.70. The van der Waals surface area contributed by atoms with Gasteiger partial charge in [-0.1, -0.05) is 6.07 Å². The largest absolute Gasteiger partial charge is 0.377 e. The summed E-state index contributed by atoms with van der Waals surface area (Å²) in [7, 11) is 0. The molecule has 6 heteroatoms. The van der Waals surface area contributed by atoms with Gasteiger partial charge in [0.25, 0.3) is 5.69 Å². The fourth-order valence-corrected chi connectivity index (χ4v) is 1.70. The van der Waals surface area contributed by atoms with Gasteiger partial charge in [0.05, 0.1) is 16.7 Å². The van der Waals surface area contributed by atoms with Gasteiger partial charge in [0.1, 0.15) is 0 Å². The Bertz CT molecular complexity index is 551. The van der Waals surface area contributed by atoms with Crippen LogP contribution in [0.4, 0.5) is 11.4 Å². The van der Waals surface area contributed by atoms with E-state index in [1.807, 2.05) is 19.9 Å². The van der Waals surface area contributed by atoms with Crippen molar-refractivity contribution in [2.24, 2.45) is 0 Å². The Morgan fingerprint density at radius 1 is 1.44 bits per heavy atom. The van der Waals surface area contributed by atoms with Crippen molar-refractivity contribution in [3.8, 4) is 0 Å². The van der Waals surface area contributed by atoms with Crippen molar-refractivity contribution in [3.63, 3.8) is 0 Å². The summed E-state index contributed by atoms with van der Waals surface area (Å²) in [4.78, 5) is 10.3. The number of aryl methyl sites for hydroxylation is 1. The first-order chi connectivity index (χ1) is 8.58. The monoisotopic (exact) mass is 246 g/mol. The van der Waals surface area contributed by atoms with Crippen LogP contribution in [0.25, 0.3) is 0 Å². The van der Waals surface area contributed by atoms with Crippen LogP contribution in [0.3, 0.4) is 0 Å². The molecule has 2 rings (SSSR count). The summed E-state index contributed by atoms with van der Waals surface area (Å²) in [5, 5.41) is 20.7. The number of nitro groups is 1. The van der Waals surface area contributed by atoms with Crippen molar-refractivity contribution >= 4 is 11.4 Å². The van der Waals surface area contributed by atoms with Gasteiger partial charge in [-0.2, -0.15) is 5.10 Å². The number of benzene rings is 1. The third-order valence-corrected chi connectivity index (χ3v) is 2.79. The van der Waals surface area contributed by atoms with E-state index in [1.54, 1.807) is 18.3 Å². The first-order valence-corrected chi connectivity index (χ1v) is 5.59. The Hall–Kier alpha value is -2.37. The van der Waals surface area contributed by atoms with Gasteiger partial charge in [0.2, 0.25) is 0 Å². The van der Waals surface area contributed by atoms with Crippen LogP contribution in [0.1, 0.15) is 24.2 Å². The smallest absolute Gasteiger partial charge is 0.271 e. The predicted octanol–water partition coefficient (Wildman–Crippen LogP) is 2.80. The number of rotatable bonds is 4. The maximum absolute atomic E-state index is 10.7. The minimum absolute atomic E-state index is 0.00760. The van der Waals surface area contributed by atoms with E-state index in [9.17, 15) is 10.1 Å². The van der Waals surface area contributed by atoms with Crippen LogP contribution in [0, 0.1) is 17.0 Å². The molecule has 0 aliphatic rings. The van der Waals surface area contributed by atoms with E-state index in [0.29, 0.717) is 0 Å². The highest BCUT2D eigenvalue weighted by Crippen LogP contribution is 2.25. The third kappa shape index (κ3) is 2.48. The molecule has 0 fully saturated rings. The molecule has 6 nitrogen and oxygen atoms in total. The van der Waals surface area contributed by atoms with Crippen LogP contribution in [-0.4, -0.2) is 15.1 Å². The molecule has 0 saturated heterocycles. The van der Waals surface area contributed by atoms with Crippen LogP contribution in [-0.2, 0) is 0 Å². The topological polar surface area (TPSA) is 83.8 Å². The van der Waals surface area contributed by atoms with Crippen molar-refractivity contribution in [2.75, 3.05) is 5.32 Å². The highest BCUT2D eigenvalue weighted by molar-refractivity contribution is 5.57. The maximum atomic E-state index is 10.7. The van der Waals surface area contributed by atoms with Gasteiger partial charge in [0, 0.05) is 24.0 Å². The normalized spacial score (nSPS) is 12.1. The highest BCUT2D eigenvalue weighted by Gasteiger charge is 2.12. The molecule has 1 heterocycles. The minimum atomic E-state index is -0.397. The second-order valence-electron chi connectivity index (χ2n) is 4.13. The van der Waals surface area contributed by atoms with E-state index in [2.05, 4.69) is 15.5 Å². The van der Waals surface area contributed by atoms with E-state index in [0.717, 1.165) is 16.9 Å². The molecule has 0 amide bonds. The summed E-state index contributed by atoms with van der Waals surface area (Å²) >= 11 is 0. The Labute approximate surface area is 104 Å². The summed E-state index contributed by atoms with van der Waals surface area (Å²) in [5.41, 5.74) is 2.74. The summed E-state index contributed by atoms with van der Waals surface area (Å²) in [5.74, 6) is 0. The molecule has 2 aromatic rings. The number of nitro benzene ring substituents is 1. The number of aromatic nitrogens is 2. The lowest BCUT2D eigenvalue weighted by Gasteiger charge is -2.15. The number of non-ortho nitro benzene ring substituents is 1. The number of hydrogen-bond donors (Lipinski definition) is 2. The molecule has 1 atom stereocenters. The zero-order chi connectivity index (χ0) is 13.1. The number of aromatic amines is 1. The first-order valence-electron chi connectivity index (χ1n) is 5.59. The number of anilines is 1. The zero-order valence-corrected chi connectivity index (χ0v) is 10.2. The lowest BCUT2D eigenvalue weighted by atomic mass is 10.1. The standard InChI is InChI=1S/C12H14N4O2/c1-8-3-4-10(16(17)18)7-12(8)14-9(2)11-5-6-13-15-11/h3-7,9,14H,1-2H3,(H,13,15). The lowest BCUT2D eigenvalue weighted by molar-refractivity contribution is -0.384. The molecule has 0 radical (unpaired) electrons. The molecule has 18 heavy (non-hydrogen) atoms. The summed E-state index contributed by atoms with van der Waals surface area (Å²) in [6, 6.07) is 6.65. The second-order valence-corrected chi connectivity index (χ2v) is 4.13. The Morgan fingerprint density at radius 3 is 2.83 bits per heavy atom. The summed E-state index contributed by atoms with van der Waals surface area (Å²) in [6.45, 7) is 3.87. The minimum Gasteiger partial charge on any atom is -0.377 e. The molecule has 0 spiro atoms. The van der Waals surface area contributed by atoms with Crippen molar-refractivity contribution in [2.45, 2.75) is 19.9 Å². The molecule has 0 bridgehead atoms. The SMILES string of the molecule is Cc1ccc([N+](=O)[O-])cc1NC(C)c1ccn[nH]1. The van der Waals surface area contributed by atoms with Gasteiger partial charge >= 0.3 is 0 Å². The van der Waals surface area contributed by atoms with Crippen LogP contribution in [0.5, 0.6) is 0 Å². The fraction of sp³-hybridized carbons (Fsp3) is 0.250. The molecular formula is C12H14N4O2. The zero-order valence-electron chi connectivity index (χ0n) is 10.2. The van der Waals surface area contributed by atoms with E-state index >= 15 is 0 Å². The van der Waals surface area contributed by atoms with E-state index in [-0.39, 0.29) is 11.7 Å². The molecule has 0 aliphatic carbocycles. The predicted molar refractivity (Wildman–Crippen MR) is 68.5 cm³/mol. The molecule has 94 valence electrons. The number of nitrogens with one attached hydrogen (secondary N) is 2. The van der Waals surface area contributed by atoms with Gasteiger partial charge < -0.3 is 5.32 Å². The molecule has 1 aromatic carbocycles. The molecule has 0 saturated carbocycles. The third-order valence-electron chi connectivity index (χ3n) is 2.79. The number of hydrogen-bond acceptors (Lipinski definition) is 4.